The van der Waals surface area contributed by atoms with E-state index in [1.807, 2.05) is 30.3 Å². The zero-order valence-corrected chi connectivity index (χ0v) is 44.6. The molecule has 2 aromatic heterocycles. The number of anilines is 3. The van der Waals surface area contributed by atoms with Gasteiger partial charge in [-0.05, 0) is 192 Å². The Labute approximate surface area is 446 Å². The molecule has 5 aromatic rings. The third-order valence-corrected chi connectivity index (χ3v) is 11.5. The molecular weight excluding hydrogens is 1100 g/mol. The number of nitrogen functional groups attached to an aromatic ring is 1. The van der Waals surface area contributed by atoms with Crippen LogP contribution in [-0.4, -0.2) is 96.1 Å². The van der Waals surface area contributed by atoms with Gasteiger partial charge in [0.25, 0.3) is 5.91 Å². The smallest absolute Gasteiger partial charge is 0.335 e. The fourth-order valence-corrected chi connectivity index (χ4v) is 7.12. The number of carboxylic acids is 2. The van der Waals surface area contributed by atoms with Crippen LogP contribution in [0, 0.1) is 32.6 Å². The van der Waals surface area contributed by atoms with E-state index in [0.29, 0.717) is 40.7 Å². The van der Waals surface area contributed by atoms with Crippen LogP contribution in [0.3, 0.4) is 0 Å². The van der Waals surface area contributed by atoms with Gasteiger partial charge in [0.15, 0.2) is 0 Å². The molecule has 0 aliphatic carbocycles. The Kier molecular flexibility index (Phi) is 27.0. The van der Waals surface area contributed by atoms with Gasteiger partial charge in [-0.25, -0.2) is 29.5 Å². The molecule has 7 rings (SSSR count). The van der Waals surface area contributed by atoms with Gasteiger partial charge in [-0.3, -0.25) is 19.2 Å². The normalized spacial score (nSPS) is 13.9. The molecule has 0 bridgehead atoms. The molecule has 0 unspecified atom stereocenters. The van der Waals surface area contributed by atoms with Crippen molar-refractivity contribution in [2.45, 2.75) is 46.5 Å². The lowest BCUT2D eigenvalue weighted by Crippen LogP contribution is -2.29. The summed E-state index contributed by atoms with van der Waals surface area (Å²) in [6.07, 6.45) is 14.5. The molecule has 382 valence electrons. The van der Waals surface area contributed by atoms with Crippen LogP contribution in [0.15, 0.2) is 126 Å². The molecule has 0 saturated carbocycles. The largest absolute Gasteiger partial charge is 0.478 e. The first-order valence-electron chi connectivity index (χ1n) is 21.9. The predicted molar refractivity (Wildman–Crippen MR) is 290 cm³/mol. The highest BCUT2D eigenvalue weighted by atomic mass is 79.9. The van der Waals surface area contributed by atoms with E-state index in [-0.39, 0.29) is 41.3 Å². The monoisotopic (exact) mass is 1150 g/mol. The van der Waals surface area contributed by atoms with E-state index in [9.17, 15) is 28.8 Å². The van der Waals surface area contributed by atoms with E-state index >= 15 is 0 Å². The Morgan fingerprint density at radius 3 is 1.54 bits per heavy atom. The quantitative estimate of drug-likeness (QED) is 0.0387. The Balaban J connectivity index is 0.000000337. The number of benzene rings is 3. The number of carboxylic acid groups (broad SMARTS) is 2. The van der Waals surface area contributed by atoms with Crippen molar-refractivity contribution in [3.05, 3.63) is 171 Å². The number of rotatable bonds is 12. The van der Waals surface area contributed by atoms with Gasteiger partial charge < -0.3 is 36.8 Å². The highest BCUT2D eigenvalue weighted by molar-refractivity contribution is 9.10. The molecule has 2 saturated heterocycles. The summed E-state index contributed by atoms with van der Waals surface area (Å²) in [5, 5.41) is 25.4. The molecule has 3 aromatic carbocycles. The number of nitrogens with one attached hydrogen (secondary N) is 3. The summed E-state index contributed by atoms with van der Waals surface area (Å²) in [5.74, 6) is 0.360. The van der Waals surface area contributed by atoms with Gasteiger partial charge in [0.2, 0.25) is 17.1 Å². The van der Waals surface area contributed by atoms with Crippen molar-refractivity contribution in [2.75, 3.05) is 42.5 Å². The zero-order valence-electron chi connectivity index (χ0n) is 39.9. The summed E-state index contributed by atoms with van der Waals surface area (Å²) in [4.78, 5) is 84.8. The van der Waals surface area contributed by atoms with Crippen molar-refractivity contribution >= 4 is 108 Å². The minimum atomic E-state index is -0.986. The van der Waals surface area contributed by atoms with Gasteiger partial charge in [0, 0.05) is 73.3 Å². The van der Waals surface area contributed by atoms with Crippen molar-refractivity contribution in [3.63, 3.8) is 0 Å². The van der Waals surface area contributed by atoms with Crippen LogP contribution in [0.25, 0.3) is 0 Å². The second-order valence-electron chi connectivity index (χ2n) is 15.9. The van der Waals surface area contributed by atoms with Crippen molar-refractivity contribution in [1.29, 1.82) is 0 Å². The number of aromatic carboxylic acids is 2. The lowest BCUT2D eigenvalue weighted by atomic mass is 10.0. The molecular formula is C51H57Br2Cl2N9O8. The molecule has 72 heavy (non-hydrogen) atoms. The van der Waals surface area contributed by atoms with E-state index in [1.54, 1.807) is 56.6 Å². The molecule has 0 radical (unpaired) electrons. The maximum absolute atomic E-state index is 12.8. The Bertz CT molecular complexity index is 2690. The van der Waals surface area contributed by atoms with Crippen molar-refractivity contribution in [2.24, 2.45) is 11.8 Å². The van der Waals surface area contributed by atoms with Crippen LogP contribution in [0.1, 0.15) is 72.3 Å². The first-order chi connectivity index (χ1) is 33.7. The maximum atomic E-state index is 12.8. The number of hydrogen-bond donors (Lipinski definition) is 6. The third kappa shape index (κ3) is 21.8. The number of aromatic nitrogens is 4. The van der Waals surface area contributed by atoms with Crippen LogP contribution >= 0.6 is 55.9 Å². The highest BCUT2D eigenvalue weighted by Crippen LogP contribution is 2.24. The van der Waals surface area contributed by atoms with Gasteiger partial charge in [0.1, 0.15) is 11.6 Å². The zero-order chi connectivity index (χ0) is 52.6. The molecule has 2 aliphatic heterocycles. The fourth-order valence-electron chi connectivity index (χ4n) is 6.71. The second-order valence-corrected chi connectivity index (χ2v) is 18.1. The minimum Gasteiger partial charge on any atom is -0.478 e. The molecule has 3 amide bonds. The number of hydrogen-bond acceptors (Lipinski definition) is 12. The SMILES string of the molecule is Brc1cnc(C[C@@H]2CCNC2)nc1.C=CC(=O)Cl.C=CC(=O)Nc1ccc(C(=O)N2CC[C@@H](Cc3ncc(Br)cn3)C2)cc1C.C=CC(=O)Nc1ccc(C(=O)O)cc1C.Cc1cc(C(=O)O)ccc1N.Cl. The van der Waals surface area contributed by atoms with Crippen LogP contribution in [0.5, 0.6) is 0 Å². The van der Waals surface area contributed by atoms with Crippen LogP contribution < -0.4 is 21.7 Å². The topological polar surface area (TPSA) is 260 Å². The summed E-state index contributed by atoms with van der Waals surface area (Å²) in [5.41, 5.74) is 10.8. The number of allylic oxidation sites excluding steroid dienone is 1. The lowest BCUT2D eigenvalue weighted by Gasteiger charge is -2.17. The van der Waals surface area contributed by atoms with E-state index < -0.39 is 17.2 Å². The third-order valence-electron chi connectivity index (χ3n) is 10.5. The molecule has 2 atom stereocenters. The molecule has 2 aliphatic rings. The van der Waals surface area contributed by atoms with Crippen LogP contribution in [0.2, 0.25) is 0 Å². The molecule has 21 heteroatoms. The molecule has 2 fully saturated rings. The lowest BCUT2D eigenvalue weighted by molar-refractivity contribution is -0.112. The second kappa shape index (κ2) is 31.6. The summed E-state index contributed by atoms with van der Waals surface area (Å²) >= 11 is 11.4. The summed E-state index contributed by atoms with van der Waals surface area (Å²) in [6.45, 7) is 18.9. The molecule has 7 N–H and O–H groups in total. The average Bonchev–Trinajstić information content (AvgIpc) is 4.06. The summed E-state index contributed by atoms with van der Waals surface area (Å²) < 4.78 is 1.80. The van der Waals surface area contributed by atoms with Gasteiger partial charge >= 0.3 is 11.9 Å². The maximum Gasteiger partial charge on any atom is 0.335 e. The molecule has 17 nitrogen and oxygen atoms in total. The first-order valence-corrected chi connectivity index (χ1v) is 23.8. The van der Waals surface area contributed by atoms with Crippen molar-refractivity contribution in [3.8, 4) is 0 Å². The van der Waals surface area contributed by atoms with Crippen molar-refractivity contribution in [1.82, 2.24) is 30.2 Å². The highest BCUT2D eigenvalue weighted by Gasteiger charge is 2.28. The summed E-state index contributed by atoms with van der Waals surface area (Å²) in [7, 11) is 0. The number of likely N-dealkylation sites (tertiary alicyclic amines) is 1. The average molecular weight is 1150 g/mol. The molecule has 4 heterocycles. The Morgan fingerprint density at radius 1 is 0.708 bits per heavy atom. The number of amides is 3. The first kappa shape index (κ1) is 61.5. The fraction of sp³-hybridized carbons (Fsp3) is 0.255. The predicted octanol–water partition coefficient (Wildman–Crippen LogP) is 9.22. The minimum absolute atomic E-state index is 0. The number of halogens is 4. The van der Waals surface area contributed by atoms with Gasteiger partial charge in [0.05, 0.1) is 20.1 Å². The van der Waals surface area contributed by atoms with E-state index in [0.717, 1.165) is 88.7 Å². The number of nitrogens with two attached hydrogens (primary N) is 1. The van der Waals surface area contributed by atoms with Gasteiger partial charge in [-0.15, -0.1) is 12.4 Å². The molecule has 0 spiro atoms. The Morgan fingerprint density at radius 2 is 1.14 bits per heavy atom. The van der Waals surface area contributed by atoms with E-state index in [4.69, 9.17) is 27.5 Å². The van der Waals surface area contributed by atoms with E-state index in [1.165, 1.54) is 30.7 Å². The Hall–Kier alpha value is -6.64. The van der Waals surface area contributed by atoms with Gasteiger partial charge in [-0.2, -0.15) is 0 Å². The number of carbonyl (C=O) groups is 6. The summed E-state index contributed by atoms with van der Waals surface area (Å²) in [6, 6.07) is 14.5. The number of carbonyl (C=O) groups excluding carboxylic acids is 4. The van der Waals surface area contributed by atoms with E-state index in [2.05, 4.69) is 87.5 Å². The van der Waals surface area contributed by atoms with Gasteiger partial charge in [-0.1, -0.05) is 19.7 Å². The number of aryl methyl sites for hydroxylation is 3. The standard InChI is InChI=1S/C20H21BrN4O2.C11H11NO3.C9H12BrN3.C8H9NO2.C3H3ClO.ClH/c1-3-19(26)24-17-5-4-15(8-13(17)2)20(27)25-7-6-14(12-25)9-18-22-10-16(21)11-23-18;1-3-10(13)12-9-5-4-8(11(14)15)6-7(9)2;10-8-5-12-9(13-6-8)3-7-1-2-11-4-7;1-5-4-6(8(10)11)2-3-7(5)9;1-2-3(4)5;/h3-5,8,10-11,14H,1,6-7,9,12H2,2H3,(H,24,26);3-6H,1H2,2H3,(H,12,13)(H,14,15);5-7,11H,1-4H2;2-4H,9H2,1H3,(H,10,11);2H,1H2;1H/t14-;;7-;;;/m0.0.../s1. The van der Waals surface area contributed by atoms with Crippen LogP contribution in [-0.2, 0) is 27.2 Å². The van der Waals surface area contributed by atoms with Crippen molar-refractivity contribution < 1.29 is 39.0 Å². The van der Waals surface area contributed by atoms with Crippen LogP contribution in [0.4, 0.5) is 17.1 Å². The number of nitrogens with zero attached hydrogens (tertiary/aromatic N) is 5.